The Hall–Kier alpha value is -3.26. The van der Waals surface area contributed by atoms with Gasteiger partial charge in [0.1, 0.15) is 12.6 Å². The molecule has 3 aromatic rings. The minimum Gasteiger partial charge on any atom is -0.361 e. The SMILES string of the molecule is Cc1ccc(SCCNC(=O)CN2C(=O)N[C@H](Cc3c[nH]c4ccccc34)C2=O)cc1. The number of nitrogens with zero attached hydrogens (tertiary/aromatic N) is 1. The summed E-state index contributed by atoms with van der Waals surface area (Å²) in [6, 6.07) is 14.8. The zero-order valence-electron chi connectivity index (χ0n) is 17.2. The first-order valence-corrected chi connectivity index (χ1v) is 11.1. The lowest BCUT2D eigenvalue weighted by atomic mass is 10.1. The van der Waals surface area contributed by atoms with Gasteiger partial charge in [0.05, 0.1) is 0 Å². The Morgan fingerprint density at radius 2 is 1.90 bits per heavy atom. The third-order valence-electron chi connectivity index (χ3n) is 5.22. The van der Waals surface area contributed by atoms with Gasteiger partial charge < -0.3 is 15.6 Å². The quantitative estimate of drug-likeness (QED) is 0.288. The summed E-state index contributed by atoms with van der Waals surface area (Å²) in [5.41, 5.74) is 3.14. The number of carbonyl (C=O) groups excluding carboxylic acids is 3. The molecule has 0 saturated carbocycles. The maximum atomic E-state index is 12.7. The monoisotopic (exact) mass is 436 g/mol. The average molecular weight is 437 g/mol. The van der Waals surface area contributed by atoms with Gasteiger partial charge in [0, 0.05) is 40.7 Å². The van der Waals surface area contributed by atoms with E-state index in [4.69, 9.17) is 0 Å². The lowest BCUT2D eigenvalue weighted by Crippen LogP contribution is -2.41. The molecule has 1 saturated heterocycles. The number of nitrogens with one attached hydrogen (secondary N) is 3. The Labute approximate surface area is 184 Å². The number of para-hydroxylation sites is 1. The van der Waals surface area contributed by atoms with Crippen LogP contribution in [0.3, 0.4) is 0 Å². The van der Waals surface area contributed by atoms with E-state index in [0.29, 0.717) is 18.7 Å². The van der Waals surface area contributed by atoms with Gasteiger partial charge in [-0.3, -0.25) is 14.5 Å². The fourth-order valence-electron chi connectivity index (χ4n) is 3.58. The number of aromatic nitrogens is 1. The van der Waals surface area contributed by atoms with Gasteiger partial charge in [-0.1, -0.05) is 35.9 Å². The molecular formula is C23H24N4O3S. The number of urea groups is 1. The Morgan fingerprint density at radius 3 is 2.71 bits per heavy atom. The number of imide groups is 1. The molecule has 31 heavy (non-hydrogen) atoms. The zero-order valence-corrected chi connectivity index (χ0v) is 18.0. The van der Waals surface area contributed by atoms with Crippen molar-refractivity contribution in [2.24, 2.45) is 0 Å². The molecule has 1 aromatic heterocycles. The number of amides is 4. The van der Waals surface area contributed by atoms with Crippen molar-refractivity contribution in [1.29, 1.82) is 0 Å². The first-order valence-electron chi connectivity index (χ1n) is 10.1. The minimum absolute atomic E-state index is 0.274. The van der Waals surface area contributed by atoms with E-state index in [1.807, 2.05) is 61.7 Å². The van der Waals surface area contributed by atoms with Crippen LogP contribution in [-0.2, 0) is 16.0 Å². The van der Waals surface area contributed by atoms with Crippen molar-refractivity contribution < 1.29 is 14.4 Å². The van der Waals surface area contributed by atoms with Crippen molar-refractivity contribution in [2.45, 2.75) is 24.3 Å². The number of carbonyl (C=O) groups is 3. The van der Waals surface area contributed by atoms with Crippen LogP contribution in [-0.4, -0.2) is 52.6 Å². The minimum atomic E-state index is -0.670. The largest absolute Gasteiger partial charge is 0.361 e. The lowest BCUT2D eigenvalue weighted by Gasteiger charge is -2.13. The van der Waals surface area contributed by atoms with Crippen LogP contribution in [0.25, 0.3) is 10.9 Å². The fourth-order valence-corrected chi connectivity index (χ4v) is 4.35. The highest BCUT2D eigenvalue weighted by Crippen LogP contribution is 2.21. The number of aromatic amines is 1. The summed E-state index contributed by atoms with van der Waals surface area (Å²) in [5, 5.41) is 6.49. The lowest BCUT2D eigenvalue weighted by molar-refractivity contribution is -0.132. The summed E-state index contributed by atoms with van der Waals surface area (Å²) in [4.78, 5) is 42.5. The second kappa shape index (κ2) is 9.26. The molecule has 2 aromatic carbocycles. The molecule has 0 aliphatic carbocycles. The molecule has 4 amide bonds. The topological polar surface area (TPSA) is 94.3 Å². The van der Waals surface area contributed by atoms with E-state index in [1.165, 1.54) is 5.56 Å². The number of thioether (sulfide) groups is 1. The van der Waals surface area contributed by atoms with Crippen molar-refractivity contribution >= 4 is 40.5 Å². The zero-order chi connectivity index (χ0) is 21.8. The number of benzene rings is 2. The van der Waals surface area contributed by atoms with E-state index in [1.54, 1.807) is 11.8 Å². The molecule has 1 fully saturated rings. The van der Waals surface area contributed by atoms with Gasteiger partial charge in [0.25, 0.3) is 5.91 Å². The highest BCUT2D eigenvalue weighted by molar-refractivity contribution is 7.99. The van der Waals surface area contributed by atoms with E-state index in [0.717, 1.165) is 26.3 Å². The van der Waals surface area contributed by atoms with E-state index < -0.39 is 12.1 Å². The first-order chi connectivity index (χ1) is 15.0. The number of hydrogen-bond donors (Lipinski definition) is 3. The van der Waals surface area contributed by atoms with Crippen LogP contribution in [0.1, 0.15) is 11.1 Å². The maximum absolute atomic E-state index is 12.7. The van der Waals surface area contributed by atoms with Crippen molar-refractivity contribution in [3.63, 3.8) is 0 Å². The summed E-state index contributed by atoms with van der Waals surface area (Å²) in [5.74, 6) is -0.0155. The molecule has 1 aliphatic rings. The number of H-pyrrole nitrogens is 1. The van der Waals surface area contributed by atoms with Gasteiger partial charge in [-0.15, -0.1) is 11.8 Å². The number of rotatable bonds is 8. The van der Waals surface area contributed by atoms with Gasteiger partial charge in [-0.05, 0) is 30.7 Å². The molecule has 8 heteroatoms. The van der Waals surface area contributed by atoms with E-state index in [-0.39, 0.29) is 18.4 Å². The maximum Gasteiger partial charge on any atom is 0.325 e. The second-order valence-electron chi connectivity index (χ2n) is 7.50. The molecule has 0 bridgehead atoms. The van der Waals surface area contributed by atoms with Crippen LogP contribution in [0.15, 0.2) is 59.6 Å². The molecule has 0 spiro atoms. The summed E-state index contributed by atoms with van der Waals surface area (Å²) < 4.78 is 0. The van der Waals surface area contributed by atoms with Crippen molar-refractivity contribution in [3.05, 3.63) is 65.9 Å². The van der Waals surface area contributed by atoms with Crippen molar-refractivity contribution in [2.75, 3.05) is 18.8 Å². The second-order valence-corrected chi connectivity index (χ2v) is 8.67. The molecule has 0 radical (unpaired) electrons. The summed E-state index contributed by atoms with van der Waals surface area (Å²) in [7, 11) is 0. The summed E-state index contributed by atoms with van der Waals surface area (Å²) in [6.45, 7) is 2.22. The predicted molar refractivity (Wildman–Crippen MR) is 121 cm³/mol. The van der Waals surface area contributed by atoms with Crippen molar-refractivity contribution in [1.82, 2.24) is 20.5 Å². The van der Waals surface area contributed by atoms with Gasteiger partial charge in [-0.25, -0.2) is 4.79 Å². The van der Waals surface area contributed by atoms with E-state index in [9.17, 15) is 14.4 Å². The fraction of sp³-hybridized carbons (Fsp3) is 0.261. The summed E-state index contributed by atoms with van der Waals surface area (Å²) in [6.07, 6.45) is 2.23. The van der Waals surface area contributed by atoms with Crippen LogP contribution < -0.4 is 10.6 Å². The van der Waals surface area contributed by atoms with E-state index >= 15 is 0 Å². The molecule has 160 valence electrons. The Balaban J connectivity index is 1.26. The molecular weight excluding hydrogens is 412 g/mol. The molecule has 4 rings (SSSR count). The van der Waals surface area contributed by atoms with Gasteiger partial charge in [0.2, 0.25) is 5.91 Å². The number of hydrogen-bond acceptors (Lipinski definition) is 4. The highest BCUT2D eigenvalue weighted by atomic mass is 32.2. The molecule has 7 nitrogen and oxygen atoms in total. The number of aryl methyl sites for hydroxylation is 1. The normalized spacial score (nSPS) is 16.0. The molecule has 1 aliphatic heterocycles. The Bertz CT molecular complexity index is 1110. The smallest absolute Gasteiger partial charge is 0.325 e. The van der Waals surface area contributed by atoms with Crippen LogP contribution in [0.4, 0.5) is 4.79 Å². The molecule has 2 heterocycles. The predicted octanol–water partition coefficient (Wildman–Crippen LogP) is 2.85. The van der Waals surface area contributed by atoms with Gasteiger partial charge in [0.15, 0.2) is 0 Å². The van der Waals surface area contributed by atoms with Crippen LogP contribution in [0.5, 0.6) is 0 Å². The first kappa shape index (κ1) is 21.0. The standard InChI is InChI=1S/C23H24N4O3S/c1-15-6-8-17(9-7-15)31-11-10-24-21(28)14-27-22(29)20(26-23(27)30)12-16-13-25-19-5-3-2-4-18(16)19/h2-9,13,20,25H,10-12,14H2,1H3,(H,24,28)(H,26,30)/t20-/m1/s1. The van der Waals surface area contributed by atoms with Crippen LogP contribution in [0, 0.1) is 6.92 Å². The van der Waals surface area contributed by atoms with Crippen LogP contribution in [0.2, 0.25) is 0 Å². The molecule has 3 N–H and O–H groups in total. The molecule has 0 unspecified atom stereocenters. The van der Waals surface area contributed by atoms with E-state index in [2.05, 4.69) is 15.6 Å². The summed E-state index contributed by atoms with van der Waals surface area (Å²) >= 11 is 1.64. The average Bonchev–Trinajstić information content (AvgIpc) is 3.29. The van der Waals surface area contributed by atoms with Crippen LogP contribution >= 0.6 is 11.8 Å². The Kier molecular flexibility index (Phi) is 6.27. The third-order valence-corrected chi connectivity index (χ3v) is 6.24. The molecule has 1 atom stereocenters. The third kappa shape index (κ3) is 4.91. The van der Waals surface area contributed by atoms with Crippen molar-refractivity contribution in [3.8, 4) is 0 Å². The van der Waals surface area contributed by atoms with Gasteiger partial charge in [-0.2, -0.15) is 0 Å². The number of fused-ring (bicyclic) bond motifs is 1. The highest BCUT2D eigenvalue weighted by Gasteiger charge is 2.39. The Morgan fingerprint density at radius 1 is 1.13 bits per heavy atom. The van der Waals surface area contributed by atoms with Gasteiger partial charge >= 0.3 is 6.03 Å².